The number of nitrogens with one attached hydrogen (secondary N) is 1. The van der Waals surface area contributed by atoms with Crippen molar-refractivity contribution in [3.8, 4) is 5.75 Å². The Kier molecular flexibility index (Phi) is 5.01. The molecule has 0 aliphatic carbocycles. The maximum Gasteiger partial charge on any atom is 0.315 e. The maximum atomic E-state index is 12.3. The highest BCUT2D eigenvalue weighted by Crippen LogP contribution is 2.29. The largest absolute Gasteiger partial charge is 0.426 e. The van der Waals surface area contributed by atoms with Gasteiger partial charge in [-0.05, 0) is 30.3 Å². The fraction of sp³-hybridized carbons (Fsp3) is 0.300. The van der Waals surface area contributed by atoms with Crippen LogP contribution in [-0.4, -0.2) is 49.5 Å². The number of fused-ring (bicyclic) bond motifs is 1. The topological polar surface area (TPSA) is 61.9 Å². The highest BCUT2D eigenvalue weighted by atomic mass is 35.5. The fourth-order valence-electron chi connectivity index (χ4n) is 3.41. The lowest BCUT2D eigenvalue weighted by molar-refractivity contribution is -0.131. The number of hydrogen-bond acceptors (Lipinski definition) is 5. The molecule has 140 valence electrons. The van der Waals surface area contributed by atoms with E-state index in [-0.39, 0.29) is 11.9 Å². The van der Waals surface area contributed by atoms with E-state index in [1.165, 1.54) is 0 Å². The van der Waals surface area contributed by atoms with E-state index in [2.05, 4.69) is 15.1 Å². The number of piperazine rings is 1. The summed E-state index contributed by atoms with van der Waals surface area (Å²) < 4.78 is 5.13. The zero-order valence-corrected chi connectivity index (χ0v) is 15.5. The Hall–Kier alpha value is -2.57. The first-order valence-corrected chi connectivity index (χ1v) is 9.31. The molecular weight excluding hydrogens is 366 g/mol. The normalized spacial score (nSPS) is 16.8. The molecule has 2 aromatic rings. The minimum Gasteiger partial charge on any atom is -0.426 e. The van der Waals surface area contributed by atoms with Crippen molar-refractivity contribution in [2.75, 3.05) is 42.9 Å². The molecule has 4 rings (SSSR count). The molecule has 2 aliphatic heterocycles. The standard InChI is InChI=1S/C20H20ClN3O3/c21-15-2-5-17(6-3-15)24-9-7-23(8-10-24)13-19(25)22-16-4-1-14-11-20(26)27-18(14)12-16/h1-6,12H,7-11,13H2,(H,22,25). The van der Waals surface area contributed by atoms with Crippen LogP contribution in [0.2, 0.25) is 5.02 Å². The third-order valence-electron chi connectivity index (χ3n) is 4.84. The van der Waals surface area contributed by atoms with Gasteiger partial charge in [-0.25, -0.2) is 0 Å². The minimum atomic E-state index is -0.257. The Balaban J connectivity index is 1.28. The Bertz CT molecular complexity index is 861. The van der Waals surface area contributed by atoms with Crippen LogP contribution in [0.4, 0.5) is 11.4 Å². The summed E-state index contributed by atoms with van der Waals surface area (Å²) in [6.45, 7) is 3.70. The third kappa shape index (κ3) is 4.23. The molecule has 2 heterocycles. The Labute approximate surface area is 162 Å². The highest BCUT2D eigenvalue weighted by molar-refractivity contribution is 6.30. The van der Waals surface area contributed by atoms with Gasteiger partial charge in [0.15, 0.2) is 0 Å². The molecule has 1 fully saturated rings. The van der Waals surface area contributed by atoms with E-state index in [1.807, 2.05) is 30.3 Å². The average molecular weight is 386 g/mol. The smallest absolute Gasteiger partial charge is 0.315 e. The molecule has 1 N–H and O–H groups in total. The van der Waals surface area contributed by atoms with E-state index in [4.69, 9.17) is 16.3 Å². The van der Waals surface area contributed by atoms with Gasteiger partial charge in [-0.1, -0.05) is 17.7 Å². The molecule has 2 aromatic carbocycles. The summed E-state index contributed by atoms with van der Waals surface area (Å²) in [6, 6.07) is 13.2. The second-order valence-corrected chi connectivity index (χ2v) is 7.20. The molecule has 1 saturated heterocycles. The second-order valence-electron chi connectivity index (χ2n) is 6.76. The summed E-state index contributed by atoms with van der Waals surface area (Å²) in [5.41, 5.74) is 2.65. The molecule has 0 atom stereocenters. The van der Waals surface area contributed by atoms with Crippen LogP contribution in [0.5, 0.6) is 5.75 Å². The maximum absolute atomic E-state index is 12.3. The zero-order valence-electron chi connectivity index (χ0n) is 14.8. The number of nitrogens with zero attached hydrogens (tertiary/aromatic N) is 2. The first-order chi connectivity index (χ1) is 13.1. The van der Waals surface area contributed by atoms with Gasteiger partial charge in [-0.3, -0.25) is 14.5 Å². The number of hydrogen-bond donors (Lipinski definition) is 1. The predicted molar refractivity (Wildman–Crippen MR) is 105 cm³/mol. The van der Waals surface area contributed by atoms with Crippen LogP contribution in [0.1, 0.15) is 5.56 Å². The summed E-state index contributed by atoms with van der Waals surface area (Å²) >= 11 is 5.94. The van der Waals surface area contributed by atoms with E-state index >= 15 is 0 Å². The Morgan fingerprint density at radius 3 is 2.56 bits per heavy atom. The van der Waals surface area contributed by atoms with Crippen molar-refractivity contribution >= 4 is 34.9 Å². The van der Waals surface area contributed by atoms with E-state index < -0.39 is 0 Å². The van der Waals surface area contributed by atoms with Crippen molar-refractivity contribution in [2.45, 2.75) is 6.42 Å². The summed E-state index contributed by atoms with van der Waals surface area (Å²) in [6.07, 6.45) is 0.293. The molecule has 0 aromatic heterocycles. The monoisotopic (exact) mass is 385 g/mol. The molecule has 0 unspecified atom stereocenters. The van der Waals surface area contributed by atoms with Crippen LogP contribution >= 0.6 is 11.6 Å². The van der Waals surface area contributed by atoms with Gasteiger partial charge in [0.2, 0.25) is 5.91 Å². The molecule has 6 nitrogen and oxygen atoms in total. The first kappa shape index (κ1) is 17.8. The van der Waals surface area contributed by atoms with E-state index in [9.17, 15) is 9.59 Å². The fourth-order valence-corrected chi connectivity index (χ4v) is 3.53. The van der Waals surface area contributed by atoms with Gasteiger partial charge in [-0.15, -0.1) is 0 Å². The summed E-state index contributed by atoms with van der Waals surface area (Å²) in [5, 5.41) is 3.61. The minimum absolute atomic E-state index is 0.0702. The second kappa shape index (κ2) is 7.58. The lowest BCUT2D eigenvalue weighted by Crippen LogP contribution is -2.48. The van der Waals surface area contributed by atoms with Crippen molar-refractivity contribution in [3.63, 3.8) is 0 Å². The highest BCUT2D eigenvalue weighted by Gasteiger charge is 2.22. The summed E-state index contributed by atoms with van der Waals surface area (Å²) in [4.78, 5) is 28.1. The summed E-state index contributed by atoms with van der Waals surface area (Å²) in [5.74, 6) is 0.209. The molecule has 1 amide bonds. The van der Waals surface area contributed by atoms with E-state index in [0.717, 1.165) is 42.5 Å². The van der Waals surface area contributed by atoms with Crippen molar-refractivity contribution in [1.29, 1.82) is 0 Å². The van der Waals surface area contributed by atoms with Gasteiger partial charge in [0.1, 0.15) is 5.75 Å². The number of carbonyl (C=O) groups excluding carboxylic acids is 2. The SMILES string of the molecule is O=C(CN1CCN(c2ccc(Cl)cc2)CC1)Nc1ccc2c(c1)OC(=O)C2. The Morgan fingerprint density at radius 1 is 1.07 bits per heavy atom. The number of benzene rings is 2. The van der Waals surface area contributed by atoms with Gasteiger partial charge in [-0.2, -0.15) is 0 Å². The molecular formula is C20H20ClN3O3. The van der Waals surface area contributed by atoms with Crippen molar-refractivity contribution in [1.82, 2.24) is 4.90 Å². The summed E-state index contributed by atoms with van der Waals surface area (Å²) in [7, 11) is 0. The zero-order chi connectivity index (χ0) is 18.8. The van der Waals surface area contributed by atoms with Crippen molar-refractivity contribution in [2.24, 2.45) is 0 Å². The van der Waals surface area contributed by atoms with Crippen LogP contribution in [0.25, 0.3) is 0 Å². The molecule has 2 aliphatic rings. The number of amides is 1. The molecule has 27 heavy (non-hydrogen) atoms. The van der Waals surface area contributed by atoms with Crippen LogP contribution in [0.15, 0.2) is 42.5 Å². The van der Waals surface area contributed by atoms with Gasteiger partial charge in [0, 0.05) is 54.2 Å². The molecule has 0 spiro atoms. The number of halogens is 1. The number of rotatable bonds is 4. The average Bonchev–Trinajstić information content (AvgIpc) is 3.02. The lowest BCUT2D eigenvalue weighted by Gasteiger charge is -2.35. The molecule has 0 radical (unpaired) electrons. The van der Waals surface area contributed by atoms with E-state index in [0.29, 0.717) is 24.4 Å². The van der Waals surface area contributed by atoms with Crippen LogP contribution in [0, 0.1) is 0 Å². The third-order valence-corrected chi connectivity index (χ3v) is 5.09. The van der Waals surface area contributed by atoms with Crippen molar-refractivity contribution in [3.05, 3.63) is 53.1 Å². The quantitative estimate of drug-likeness (QED) is 0.647. The van der Waals surface area contributed by atoms with Crippen LogP contribution < -0.4 is 15.0 Å². The first-order valence-electron chi connectivity index (χ1n) is 8.93. The van der Waals surface area contributed by atoms with E-state index in [1.54, 1.807) is 12.1 Å². The number of ether oxygens (including phenoxy) is 1. The van der Waals surface area contributed by atoms with Gasteiger partial charge in [0.05, 0.1) is 13.0 Å². The number of esters is 1. The predicted octanol–water partition coefficient (Wildman–Crippen LogP) is 2.56. The van der Waals surface area contributed by atoms with Gasteiger partial charge < -0.3 is 15.0 Å². The van der Waals surface area contributed by atoms with Crippen LogP contribution in [0.3, 0.4) is 0 Å². The molecule has 0 saturated carbocycles. The molecule has 7 heteroatoms. The lowest BCUT2D eigenvalue weighted by atomic mass is 10.1. The molecule has 0 bridgehead atoms. The number of anilines is 2. The Morgan fingerprint density at radius 2 is 1.81 bits per heavy atom. The van der Waals surface area contributed by atoms with Gasteiger partial charge >= 0.3 is 5.97 Å². The van der Waals surface area contributed by atoms with Crippen LogP contribution in [-0.2, 0) is 16.0 Å². The van der Waals surface area contributed by atoms with Gasteiger partial charge in [0.25, 0.3) is 0 Å². The number of carbonyl (C=O) groups is 2. The van der Waals surface area contributed by atoms with Crippen molar-refractivity contribution < 1.29 is 14.3 Å².